The van der Waals surface area contributed by atoms with Crippen molar-refractivity contribution in [3.63, 3.8) is 0 Å². The molecule has 0 aliphatic carbocycles. The highest BCUT2D eigenvalue weighted by molar-refractivity contribution is 7.91. The molecule has 3 nitrogen and oxygen atoms in total. The Labute approximate surface area is 82.3 Å². The second-order valence-electron chi connectivity index (χ2n) is 2.69. The third kappa shape index (κ3) is 2.70. The van der Waals surface area contributed by atoms with E-state index in [1.807, 2.05) is 6.92 Å². The van der Waals surface area contributed by atoms with E-state index in [0.29, 0.717) is 16.6 Å². The third-order valence-electron chi connectivity index (χ3n) is 1.43. The fourth-order valence-corrected chi connectivity index (χ4v) is 2.88. The van der Waals surface area contributed by atoms with E-state index >= 15 is 0 Å². The van der Waals surface area contributed by atoms with Crippen LogP contribution in [0.5, 0.6) is 5.06 Å². The summed E-state index contributed by atoms with van der Waals surface area (Å²) in [7, 11) is -3.14. The number of rotatable bonds is 4. The Morgan fingerprint density at radius 2 is 2.23 bits per heavy atom. The first-order chi connectivity index (χ1) is 6.05. The number of hydrogen-bond acceptors (Lipinski definition) is 4. The van der Waals surface area contributed by atoms with Crippen LogP contribution >= 0.6 is 11.3 Å². The summed E-state index contributed by atoms with van der Waals surface area (Å²) in [6, 6.07) is 1.57. The molecule has 74 valence electrons. The van der Waals surface area contributed by atoms with Crippen molar-refractivity contribution in [2.75, 3.05) is 12.9 Å². The smallest absolute Gasteiger partial charge is 0.192 e. The summed E-state index contributed by atoms with van der Waals surface area (Å²) in [5.74, 6) is 0. The first kappa shape index (κ1) is 10.5. The number of hydrogen-bond donors (Lipinski definition) is 0. The molecule has 0 saturated heterocycles. The molecule has 0 aliphatic heterocycles. The maximum Gasteiger partial charge on any atom is 0.192 e. The van der Waals surface area contributed by atoms with E-state index < -0.39 is 9.84 Å². The van der Waals surface area contributed by atoms with Crippen molar-refractivity contribution in [1.82, 2.24) is 0 Å². The van der Waals surface area contributed by atoms with Gasteiger partial charge in [-0.3, -0.25) is 0 Å². The van der Waals surface area contributed by atoms with Gasteiger partial charge in [-0.25, -0.2) is 8.42 Å². The highest BCUT2D eigenvalue weighted by atomic mass is 32.2. The quantitative estimate of drug-likeness (QED) is 0.779. The molecule has 1 aromatic rings. The van der Waals surface area contributed by atoms with Crippen LogP contribution in [0.25, 0.3) is 0 Å². The molecule has 0 amide bonds. The van der Waals surface area contributed by atoms with E-state index in [0.717, 1.165) is 6.42 Å². The van der Waals surface area contributed by atoms with Crippen LogP contribution < -0.4 is 4.74 Å². The van der Waals surface area contributed by atoms with Gasteiger partial charge in [-0.1, -0.05) is 6.92 Å². The van der Waals surface area contributed by atoms with Crippen molar-refractivity contribution in [2.24, 2.45) is 0 Å². The van der Waals surface area contributed by atoms with Crippen LogP contribution in [0.3, 0.4) is 0 Å². The molecule has 0 N–H and O–H groups in total. The van der Waals surface area contributed by atoms with E-state index in [4.69, 9.17) is 4.74 Å². The predicted octanol–water partition coefficient (Wildman–Crippen LogP) is 1.94. The summed E-state index contributed by atoms with van der Waals surface area (Å²) in [5, 5.41) is 2.23. The monoisotopic (exact) mass is 220 g/mol. The van der Waals surface area contributed by atoms with Gasteiger partial charge in [0.1, 0.15) is 4.90 Å². The lowest BCUT2D eigenvalue weighted by Gasteiger charge is -2.03. The van der Waals surface area contributed by atoms with Gasteiger partial charge in [-0.15, -0.1) is 11.3 Å². The molecule has 0 atom stereocenters. The second kappa shape index (κ2) is 4.11. The normalized spacial score (nSPS) is 11.5. The number of sulfone groups is 1. The summed E-state index contributed by atoms with van der Waals surface area (Å²) in [6.07, 6.45) is 2.06. The molecular weight excluding hydrogens is 208 g/mol. The molecule has 0 aromatic carbocycles. The Bertz CT molecular complexity index is 364. The van der Waals surface area contributed by atoms with Gasteiger partial charge in [0.05, 0.1) is 6.61 Å². The fourth-order valence-electron chi connectivity index (χ4n) is 0.859. The van der Waals surface area contributed by atoms with E-state index in [1.165, 1.54) is 17.6 Å². The maximum absolute atomic E-state index is 11.2. The minimum absolute atomic E-state index is 0.297. The summed E-state index contributed by atoms with van der Waals surface area (Å²) in [6.45, 7) is 2.54. The van der Waals surface area contributed by atoms with Gasteiger partial charge in [0.2, 0.25) is 0 Å². The van der Waals surface area contributed by atoms with Gasteiger partial charge in [0.25, 0.3) is 0 Å². The maximum atomic E-state index is 11.2. The molecule has 0 bridgehead atoms. The summed E-state index contributed by atoms with van der Waals surface area (Å²) >= 11 is 1.31. The molecule has 0 aliphatic rings. The molecule has 13 heavy (non-hydrogen) atoms. The Morgan fingerprint density at radius 1 is 1.54 bits per heavy atom. The van der Waals surface area contributed by atoms with E-state index in [9.17, 15) is 8.42 Å². The largest absolute Gasteiger partial charge is 0.483 e. The van der Waals surface area contributed by atoms with Crippen LogP contribution in [0, 0.1) is 0 Å². The molecule has 0 spiro atoms. The van der Waals surface area contributed by atoms with Gasteiger partial charge in [-0.2, -0.15) is 0 Å². The topological polar surface area (TPSA) is 43.4 Å². The van der Waals surface area contributed by atoms with Crippen molar-refractivity contribution in [1.29, 1.82) is 0 Å². The van der Waals surface area contributed by atoms with Crippen LogP contribution in [-0.2, 0) is 9.84 Å². The average Bonchev–Trinajstić information content (AvgIpc) is 2.47. The minimum atomic E-state index is -3.14. The summed E-state index contributed by atoms with van der Waals surface area (Å²) < 4.78 is 27.7. The average molecular weight is 220 g/mol. The zero-order chi connectivity index (χ0) is 9.90. The Kier molecular flexibility index (Phi) is 3.33. The lowest BCUT2D eigenvalue weighted by Crippen LogP contribution is -2.00. The lowest BCUT2D eigenvalue weighted by atomic mass is 10.5. The third-order valence-corrected chi connectivity index (χ3v) is 3.51. The van der Waals surface area contributed by atoms with Gasteiger partial charge in [0, 0.05) is 6.26 Å². The Balaban J connectivity index is 2.90. The molecule has 0 unspecified atom stereocenters. The molecule has 1 rings (SSSR count). The van der Waals surface area contributed by atoms with Crippen LogP contribution in [0.1, 0.15) is 13.3 Å². The fraction of sp³-hybridized carbons (Fsp3) is 0.500. The molecule has 0 radical (unpaired) electrons. The van der Waals surface area contributed by atoms with E-state index in [-0.39, 0.29) is 0 Å². The highest BCUT2D eigenvalue weighted by Gasteiger charge is 2.15. The summed E-state index contributed by atoms with van der Waals surface area (Å²) in [5.41, 5.74) is 0. The van der Waals surface area contributed by atoms with E-state index in [2.05, 4.69) is 0 Å². The second-order valence-corrected chi connectivity index (χ2v) is 5.56. The van der Waals surface area contributed by atoms with Crippen molar-refractivity contribution in [2.45, 2.75) is 18.2 Å². The summed E-state index contributed by atoms with van der Waals surface area (Å²) in [4.78, 5) is 0.297. The SMILES string of the molecule is CCCOc1sccc1S(C)(=O)=O. The molecule has 0 fully saturated rings. The van der Waals surface area contributed by atoms with Crippen LogP contribution in [-0.4, -0.2) is 21.3 Å². The zero-order valence-corrected chi connectivity index (χ0v) is 9.24. The highest BCUT2D eigenvalue weighted by Crippen LogP contribution is 2.30. The standard InChI is InChI=1S/C8H12O3S2/c1-3-5-11-8-7(4-6-12-8)13(2,9)10/h4,6H,3,5H2,1-2H3. The van der Waals surface area contributed by atoms with Gasteiger partial charge < -0.3 is 4.74 Å². The number of ether oxygens (including phenoxy) is 1. The van der Waals surface area contributed by atoms with Crippen LogP contribution in [0.2, 0.25) is 0 Å². The first-order valence-electron chi connectivity index (χ1n) is 3.96. The van der Waals surface area contributed by atoms with Crippen molar-refractivity contribution in [3.8, 4) is 5.06 Å². The van der Waals surface area contributed by atoms with Crippen molar-refractivity contribution >= 4 is 21.2 Å². The van der Waals surface area contributed by atoms with Gasteiger partial charge >= 0.3 is 0 Å². The van der Waals surface area contributed by atoms with Crippen molar-refractivity contribution < 1.29 is 13.2 Å². The molecule has 1 heterocycles. The Morgan fingerprint density at radius 3 is 2.77 bits per heavy atom. The first-order valence-corrected chi connectivity index (χ1v) is 6.73. The molecule has 1 aromatic heterocycles. The van der Waals surface area contributed by atoms with Gasteiger partial charge in [0.15, 0.2) is 14.9 Å². The lowest BCUT2D eigenvalue weighted by molar-refractivity contribution is 0.319. The number of thiophene rings is 1. The predicted molar refractivity (Wildman–Crippen MR) is 53.2 cm³/mol. The van der Waals surface area contributed by atoms with Crippen LogP contribution in [0.4, 0.5) is 0 Å². The minimum Gasteiger partial charge on any atom is -0.483 e. The van der Waals surface area contributed by atoms with Crippen LogP contribution in [0.15, 0.2) is 16.3 Å². The van der Waals surface area contributed by atoms with E-state index in [1.54, 1.807) is 11.4 Å². The molecule has 0 saturated carbocycles. The molecular formula is C8H12O3S2. The zero-order valence-electron chi connectivity index (χ0n) is 7.61. The van der Waals surface area contributed by atoms with Gasteiger partial charge in [-0.05, 0) is 17.9 Å². The Hall–Kier alpha value is -0.550. The van der Waals surface area contributed by atoms with Crippen molar-refractivity contribution in [3.05, 3.63) is 11.4 Å². The molecule has 5 heteroatoms.